The quantitative estimate of drug-likeness (QED) is 0.444. The smallest absolute Gasteiger partial charge is 0.237 e. The Hall–Kier alpha value is -1.76. The number of phenols is 1. The second kappa shape index (κ2) is 9.26. The SMILES string of the molecule is COCCCNc1nc(F)c(Cl)c(Oc2ccc(O)c(C(C)C)c2)c1Cl. The fourth-order valence-corrected chi connectivity index (χ4v) is 2.77. The Bertz CT molecular complexity index is 773. The Morgan fingerprint density at radius 2 is 2.00 bits per heavy atom. The van der Waals surface area contributed by atoms with Crippen molar-refractivity contribution in [1.82, 2.24) is 4.98 Å². The Labute approximate surface area is 162 Å². The van der Waals surface area contributed by atoms with E-state index in [0.717, 1.165) is 0 Å². The van der Waals surface area contributed by atoms with E-state index in [1.54, 1.807) is 19.2 Å². The van der Waals surface area contributed by atoms with Gasteiger partial charge in [-0.2, -0.15) is 9.37 Å². The largest absolute Gasteiger partial charge is 0.508 e. The van der Waals surface area contributed by atoms with Gasteiger partial charge >= 0.3 is 0 Å². The molecule has 2 N–H and O–H groups in total. The molecule has 1 aromatic carbocycles. The van der Waals surface area contributed by atoms with Crippen LogP contribution in [0.1, 0.15) is 31.7 Å². The van der Waals surface area contributed by atoms with E-state index in [4.69, 9.17) is 32.7 Å². The third-order valence-electron chi connectivity index (χ3n) is 3.66. The second-order valence-electron chi connectivity index (χ2n) is 5.96. The number of nitrogens with zero attached hydrogens (tertiary/aromatic N) is 1. The predicted octanol–water partition coefficient (Wildman–Crippen LogP) is 5.60. The third kappa shape index (κ3) is 4.90. The molecule has 0 aliphatic carbocycles. The first-order chi connectivity index (χ1) is 12.3. The zero-order chi connectivity index (χ0) is 19.3. The Balaban J connectivity index is 2.31. The van der Waals surface area contributed by atoms with Crippen molar-refractivity contribution in [3.63, 3.8) is 0 Å². The first-order valence-corrected chi connectivity index (χ1v) is 8.88. The number of benzene rings is 1. The molecule has 5 nitrogen and oxygen atoms in total. The standard InChI is InChI=1S/C18H21Cl2FN2O3/c1-10(2)12-9-11(5-6-13(12)24)26-16-14(19)17(21)23-18(15(16)20)22-7-4-8-25-3/h5-6,9-10,24H,4,7-8H2,1-3H3,(H,22,23). The average Bonchev–Trinajstić information content (AvgIpc) is 2.60. The van der Waals surface area contributed by atoms with Crippen molar-refractivity contribution in [2.24, 2.45) is 0 Å². The first kappa shape index (κ1) is 20.6. The maximum Gasteiger partial charge on any atom is 0.237 e. The van der Waals surface area contributed by atoms with Crippen LogP contribution in [0.5, 0.6) is 17.2 Å². The van der Waals surface area contributed by atoms with Gasteiger partial charge in [0.2, 0.25) is 5.95 Å². The van der Waals surface area contributed by atoms with Crippen LogP contribution in [0.15, 0.2) is 18.2 Å². The number of anilines is 1. The molecule has 2 aromatic rings. The third-order valence-corrected chi connectivity index (χ3v) is 4.33. The topological polar surface area (TPSA) is 63.6 Å². The second-order valence-corrected chi connectivity index (χ2v) is 6.71. The van der Waals surface area contributed by atoms with Crippen LogP contribution in [0, 0.1) is 5.95 Å². The summed E-state index contributed by atoms with van der Waals surface area (Å²) < 4.78 is 24.8. The highest BCUT2D eigenvalue weighted by atomic mass is 35.5. The summed E-state index contributed by atoms with van der Waals surface area (Å²) in [5, 5.41) is 12.6. The summed E-state index contributed by atoms with van der Waals surface area (Å²) in [5.41, 5.74) is 0.696. The molecule has 0 unspecified atom stereocenters. The summed E-state index contributed by atoms with van der Waals surface area (Å²) in [4.78, 5) is 3.73. The Kier molecular flexibility index (Phi) is 7.32. The highest BCUT2D eigenvalue weighted by Gasteiger charge is 2.20. The molecule has 26 heavy (non-hydrogen) atoms. The van der Waals surface area contributed by atoms with Gasteiger partial charge in [-0.05, 0) is 30.5 Å². The van der Waals surface area contributed by atoms with Crippen molar-refractivity contribution < 1.29 is 19.0 Å². The molecule has 0 radical (unpaired) electrons. The minimum absolute atomic E-state index is 0.0320. The van der Waals surface area contributed by atoms with Crippen LogP contribution in [0.3, 0.4) is 0 Å². The van der Waals surface area contributed by atoms with E-state index in [1.807, 2.05) is 13.8 Å². The summed E-state index contributed by atoms with van der Waals surface area (Å²) in [6, 6.07) is 4.72. The van der Waals surface area contributed by atoms with Gasteiger partial charge in [-0.1, -0.05) is 37.0 Å². The van der Waals surface area contributed by atoms with Gasteiger partial charge in [-0.3, -0.25) is 0 Å². The van der Waals surface area contributed by atoms with E-state index in [0.29, 0.717) is 30.9 Å². The van der Waals surface area contributed by atoms with Crippen molar-refractivity contribution >= 4 is 29.0 Å². The van der Waals surface area contributed by atoms with Gasteiger partial charge in [0, 0.05) is 25.8 Å². The first-order valence-electron chi connectivity index (χ1n) is 8.13. The lowest BCUT2D eigenvalue weighted by Gasteiger charge is -2.15. The molecule has 0 saturated heterocycles. The van der Waals surface area contributed by atoms with Crippen LogP contribution < -0.4 is 10.1 Å². The molecule has 0 saturated carbocycles. The van der Waals surface area contributed by atoms with E-state index < -0.39 is 5.95 Å². The molecular formula is C18H21Cl2FN2O3. The van der Waals surface area contributed by atoms with E-state index in [9.17, 15) is 9.50 Å². The van der Waals surface area contributed by atoms with E-state index in [1.165, 1.54) is 6.07 Å². The van der Waals surface area contributed by atoms with Gasteiger partial charge in [0.05, 0.1) is 0 Å². The van der Waals surface area contributed by atoms with E-state index in [2.05, 4.69) is 10.3 Å². The van der Waals surface area contributed by atoms with Gasteiger partial charge < -0.3 is 19.9 Å². The predicted molar refractivity (Wildman–Crippen MR) is 101 cm³/mol. The molecule has 8 heteroatoms. The Morgan fingerprint density at radius 1 is 1.27 bits per heavy atom. The summed E-state index contributed by atoms with van der Waals surface area (Å²) in [6.07, 6.45) is 0.699. The van der Waals surface area contributed by atoms with Crippen LogP contribution in [0.2, 0.25) is 10.0 Å². The lowest BCUT2D eigenvalue weighted by atomic mass is 10.0. The van der Waals surface area contributed by atoms with Gasteiger partial charge in [0.1, 0.15) is 21.5 Å². The summed E-state index contributed by atoms with van der Waals surface area (Å²) in [6.45, 7) is 4.92. The number of hydrogen-bond acceptors (Lipinski definition) is 5. The zero-order valence-electron chi connectivity index (χ0n) is 14.8. The molecule has 142 valence electrons. The maximum atomic E-state index is 14.1. The average molecular weight is 403 g/mol. The van der Waals surface area contributed by atoms with E-state index >= 15 is 0 Å². The van der Waals surface area contributed by atoms with Gasteiger partial charge in [-0.15, -0.1) is 0 Å². The zero-order valence-corrected chi connectivity index (χ0v) is 16.3. The van der Waals surface area contributed by atoms with Gasteiger partial charge in [0.25, 0.3) is 0 Å². The van der Waals surface area contributed by atoms with Crippen molar-refractivity contribution in [3.05, 3.63) is 39.8 Å². The van der Waals surface area contributed by atoms with Crippen LogP contribution in [-0.4, -0.2) is 30.4 Å². The molecule has 0 amide bonds. The highest BCUT2D eigenvalue weighted by molar-refractivity contribution is 6.38. The van der Waals surface area contributed by atoms with Gasteiger partial charge in [-0.25, -0.2) is 0 Å². The number of methoxy groups -OCH3 is 1. The summed E-state index contributed by atoms with van der Waals surface area (Å²) in [5.74, 6) is -0.157. The summed E-state index contributed by atoms with van der Waals surface area (Å²) >= 11 is 12.3. The number of phenolic OH excluding ortho intramolecular Hbond substituents is 1. The number of aromatic nitrogens is 1. The van der Waals surface area contributed by atoms with Crippen molar-refractivity contribution in [3.8, 4) is 17.2 Å². The Morgan fingerprint density at radius 3 is 2.65 bits per heavy atom. The van der Waals surface area contributed by atoms with Crippen LogP contribution in [0.25, 0.3) is 0 Å². The van der Waals surface area contributed by atoms with Crippen molar-refractivity contribution in [2.75, 3.05) is 25.6 Å². The van der Waals surface area contributed by atoms with Crippen molar-refractivity contribution in [1.29, 1.82) is 0 Å². The van der Waals surface area contributed by atoms with E-state index in [-0.39, 0.29) is 33.3 Å². The molecule has 0 bridgehead atoms. The van der Waals surface area contributed by atoms with Crippen LogP contribution in [0.4, 0.5) is 10.2 Å². The molecule has 1 aromatic heterocycles. The molecule has 0 spiro atoms. The number of hydrogen-bond donors (Lipinski definition) is 2. The van der Waals surface area contributed by atoms with Crippen LogP contribution in [-0.2, 0) is 4.74 Å². The van der Waals surface area contributed by atoms with Crippen LogP contribution >= 0.6 is 23.2 Å². The lowest BCUT2D eigenvalue weighted by Crippen LogP contribution is -2.08. The molecule has 0 fully saturated rings. The number of aromatic hydroxyl groups is 1. The summed E-state index contributed by atoms with van der Waals surface area (Å²) in [7, 11) is 1.60. The van der Waals surface area contributed by atoms with Gasteiger partial charge in [0.15, 0.2) is 11.6 Å². The highest BCUT2D eigenvalue weighted by Crippen LogP contribution is 2.42. The lowest BCUT2D eigenvalue weighted by molar-refractivity contribution is 0.197. The fourth-order valence-electron chi connectivity index (χ4n) is 2.30. The number of nitrogens with one attached hydrogen (secondary N) is 1. The molecule has 0 atom stereocenters. The number of halogens is 3. The monoisotopic (exact) mass is 402 g/mol. The minimum Gasteiger partial charge on any atom is -0.508 e. The molecule has 1 heterocycles. The minimum atomic E-state index is -0.886. The molecular weight excluding hydrogens is 382 g/mol. The molecule has 0 aliphatic rings. The number of ether oxygens (including phenoxy) is 2. The molecule has 2 rings (SSSR count). The number of pyridine rings is 1. The number of rotatable bonds is 8. The maximum absolute atomic E-state index is 14.1. The molecule has 0 aliphatic heterocycles. The normalized spacial score (nSPS) is 11.0. The fraction of sp³-hybridized carbons (Fsp3) is 0.389. The van der Waals surface area contributed by atoms with Crippen molar-refractivity contribution in [2.45, 2.75) is 26.2 Å².